The Morgan fingerprint density at radius 3 is 2.74 bits per heavy atom. The minimum absolute atomic E-state index is 0.235. The molecule has 2 heterocycles. The lowest BCUT2D eigenvalue weighted by molar-refractivity contribution is -0.164. The van der Waals surface area contributed by atoms with E-state index in [0.29, 0.717) is 32.2 Å². The molecule has 1 aromatic heterocycles. The molecule has 2 N–H and O–H groups in total. The molecule has 1 aliphatic carbocycles. The van der Waals surface area contributed by atoms with Crippen LogP contribution in [-0.2, 0) is 13.0 Å². The first kappa shape index (κ1) is 16.1. The van der Waals surface area contributed by atoms with Gasteiger partial charge in [0.25, 0.3) is 0 Å². The van der Waals surface area contributed by atoms with E-state index in [0.717, 1.165) is 18.7 Å². The smallest absolute Gasteiger partial charge is 0.334 e. The summed E-state index contributed by atoms with van der Waals surface area (Å²) in [5.74, 6) is 0.316. The molecule has 0 spiro atoms. The number of nitrogens with zero attached hydrogens (tertiary/aromatic N) is 3. The van der Waals surface area contributed by atoms with Gasteiger partial charge in [-0.25, -0.2) is 14.5 Å². The quantitative estimate of drug-likeness (QED) is 0.890. The molecule has 1 saturated carbocycles. The van der Waals surface area contributed by atoms with Gasteiger partial charge in [0, 0.05) is 6.42 Å². The van der Waals surface area contributed by atoms with Crippen LogP contribution in [0.25, 0.3) is 0 Å². The van der Waals surface area contributed by atoms with Gasteiger partial charge in [0.2, 0.25) is 0 Å². The number of rotatable bonds is 3. The molecule has 2 amide bonds. The molecule has 0 radical (unpaired) electrons. The molecule has 1 aromatic rings. The molecule has 128 valence electrons. The summed E-state index contributed by atoms with van der Waals surface area (Å²) < 4.78 is 41.3. The predicted molar refractivity (Wildman–Crippen MR) is 75.6 cm³/mol. The molecule has 1 fully saturated rings. The first-order valence-electron chi connectivity index (χ1n) is 7.94. The van der Waals surface area contributed by atoms with E-state index >= 15 is 0 Å². The van der Waals surface area contributed by atoms with E-state index in [1.807, 2.05) is 0 Å². The Morgan fingerprint density at radius 1 is 1.30 bits per heavy atom. The van der Waals surface area contributed by atoms with Crippen LogP contribution >= 0.6 is 0 Å². The van der Waals surface area contributed by atoms with Crippen LogP contribution in [-0.4, -0.2) is 39.1 Å². The zero-order valence-electron chi connectivity index (χ0n) is 12.6. The molecular formula is C14H20F3N5O. The van der Waals surface area contributed by atoms with Gasteiger partial charge >= 0.3 is 12.2 Å². The number of urea groups is 1. The molecule has 6 nitrogen and oxygen atoms in total. The van der Waals surface area contributed by atoms with Crippen LogP contribution in [0.3, 0.4) is 0 Å². The van der Waals surface area contributed by atoms with E-state index in [9.17, 15) is 18.0 Å². The van der Waals surface area contributed by atoms with Crippen molar-refractivity contribution >= 4 is 6.03 Å². The third-order valence-corrected chi connectivity index (χ3v) is 4.65. The van der Waals surface area contributed by atoms with Gasteiger partial charge in [-0.15, -0.1) is 0 Å². The van der Waals surface area contributed by atoms with E-state index in [1.165, 1.54) is 6.33 Å². The van der Waals surface area contributed by atoms with Crippen molar-refractivity contribution in [2.45, 2.75) is 63.3 Å². The standard InChI is InChI=1S/C14H20F3N5O/c15-14(16,17)12(9-3-1-2-4-9)21-13(23)20-10-5-6-11-18-8-19-22(11)7-10/h8-10,12H,1-7H2,(H2,20,21,23)/t10-,12+/m0/s1. The van der Waals surface area contributed by atoms with E-state index in [4.69, 9.17) is 0 Å². The maximum absolute atomic E-state index is 13.2. The summed E-state index contributed by atoms with van der Waals surface area (Å²) >= 11 is 0. The third kappa shape index (κ3) is 3.76. The fourth-order valence-electron chi connectivity index (χ4n) is 3.48. The topological polar surface area (TPSA) is 71.8 Å². The van der Waals surface area contributed by atoms with Crippen molar-refractivity contribution in [1.82, 2.24) is 25.4 Å². The highest BCUT2D eigenvalue weighted by molar-refractivity contribution is 5.74. The van der Waals surface area contributed by atoms with Crippen LogP contribution in [0.5, 0.6) is 0 Å². The molecule has 9 heteroatoms. The molecule has 23 heavy (non-hydrogen) atoms. The molecule has 2 atom stereocenters. The third-order valence-electron chi connectivity index (χ3n) is 4.65. The highest BCUT2D eigenvalue weighted by Gasteiger charge is 2.46. The van der Waals surface area contributed by atoms with Gasteiger partial charge in [-0.1, -0.05) is 12.8 Å². The summed E-state index contributed by atoms with van der Waals surface area (Å²) in [4.78, 5) is 16.1. The summed E-state index contributed by atoms with van der Waals surface area (Å²) in [7, 11) is 0. The van der Waals surface area contributed by atoms with E-state index in [2.05, 4.69) is 20.7 Å². The van der Waals surface area contributed by atoms with Crippen LogP contribution < -0.4 is 10.6 Å². The summed E-state index contributed by atoms with van der Waals surface area (Å²) in [5, 5.41) is 8.81. The van der Waals surface area contributed by atoms with Crippen molar-refractivity contribution in [3.05, 3.63) is 12.2 Å². The second kappa shape index (κ2) is 6.37. The predicted octanol–water partition coefficient (Wildman–Crippen LogP) is 2.01. The second-order valence-electron chi connectivity index (χ2n) is 6.28. The second-order valence-corrected chi connectivity index (χ2v) is 6.28. The van der Waals surface area contributed by atoms with Crippen LogP contribution in [0.15, 0.2) is 6.33 Å². The number of aromatic nitrogens is 3. The number of fused-ring (bicyclic) bond motifs is 1. The number of nitrogens with one attached hydrogen (secondary N) is 2. The van der Waals surface area contributed by atoms with Crippen molar-refractivity contribution < 1.29 is 18.0 Å². The maximum atomic E-state index is 13.2. The Labute approximate surface area is 131 Å². The zero-order valence-corrected chi connectivity index (χ0v) is 12.6. The Kier molecular flexibility index (Phi) is 4.45. The van der Waals surface area contributed by atoms with Gasteiger partial charge in [0.1, 0.15) is 18.2 Å². The minimum Gasteiger partial charge on any atom is -0.334 e. The number of alkyl halides is 3. The molecule has 0 unspecified atom stereocenters. The van der Waals surface area contributed by atoms with Gasteiger partial charge in [-0.2, -0.15) is 18.3 Å². The SMILES string of the molecule is O=C(N[C@H]1CCc2ncnn2C1)N[C@H](C1CCCC1)C(F)(F)F. The number of aryl methyl sites for hydroxylation is 1. The zero-order chi connectivity index (χ0) is 16.4. The number of carbonyl (C=O) groups is 1. The van der Waals surface area contributed by atoms with Gasteiger partial charge in [0.05, 0.1) is 12.6 Å². The van der Waals surface area contributed by atoms with E-state index in [-0.39, 0.29) is 6.04 Å². The summed E-state index contributed by atoms with van der Waals surface area (Å²) in [6, 6.07) is -2.76. The lowest BCUT2D eigenvalue weighted by Gasteiger charge is -2.29. The average molecular weight is 331 g/mol. The van der Waals surface area contributed by atoms with Crippen molar-refractivity contribution in [2.75, 3.05) is 0 Å². The maximum Gasteiger partial charge on any atom is 0.408 e. The Morgan fingerprint density at radius 2 is 2.04 bits per heavy atom. The highest BCUT2D eigenvalue weighted by Crippen LogP contribution is 2.35. The number of hydrogen-bond acceptors (Lipinski definition) is 3. The Balaban J connectivity index is 1.57. The summed E-state index contributed by atoms with van der Waals surface area (Å²) in [6.45, 7) is 0.433. The van der Waals surface area contributed by atoms with Crippen LogP contribution in [0.4, 0.5) is 18.0 Å². The normalized spacial score (nSPS) is 23.3. The van der Waals surface area contributed by atoms with E-state index < -0.39 is 24.2 Å². The molecule has 1 aliphatic heterocycles. The van der Waals surface area contributed by atoms with Crippen molar-refractivity contribution in [3.8, 4) is 0 Å². The van der Waals surface area contributed by atoms with Crippen LogP contribution in [0, 0.1) is 5.92 Å². The van der Waals surface area contributed by atoms with Gasteiger partial charge < -0.3 is 10.6 Å². The van der Waals surface area contributed by atoms with Gasteiger partial charge in [-0.3, -0.25) is 0 Å². The summed E-state index contributed by atoms with van der Waals surface area (Å²) in [5.41, 5.74) is 0. The number of halogens is 3. The molecule has 2 aliphatic rings. The molecule has 0 aromatic carbocycles. The minimum atomic E-state index is -4.42. The number of carbonyl (C=O) groups excluding carboxylic acids is 1. The average Bonchev–Trinajstić information content (AvgIpc) is 3.14. The monoisotopic (exact) mass is 331 g/mol. The highest BCUT2D eigenvalue weighted by atomic mass is 19.4. The molecule has 3 rings (SSSR count). The van der Waals surface area contributed by atoms with E-state index in [1.54, 1.807) is 4.68 Å². The van der Waals surface area contributed by atoms with Crippen molar-refractivity contribution in [2.24, 2.45) is 5.92 Å². The molecule has 0 saturated heterocycles. The number of amides is 2. The number of hydrogen-bond donors (Lipinski definition) is 2. The van der Waals surface area contributed by atoms with Crippen LogP contribution in [0.1, 0.15) is 37.9 Å². The lowest BCUT2D eigenvalue weighted by atomic mass is 9.98. The fourth-order valence-corrected chi connectivity index (χ4v) is 3.48. The van der Waals surface area contributed by atoms with Crippen molar-refractivity contribution in [3.63, 3.8) is 0 Å². The Bertz CT molecular complexity index is 553. The van der Waals surface area contributed by atoms with Crippen molar-refractivity contribution in [1.29, 1.82) is 0 Å². The fraction of sp³-hybridized carbons (Fsp3) is 0.786. The first-order chi connectivity index (χ1) is 10.9. The first-order valence-corrected chi connectivity index (χ1v) is 7.94. The van der Waals surface area contributed by atoms with Gasteiger partial charge in [-0.05, 0) is 25.2 Å². The van der Waals surface area contributed by atoms with Crippen LogP contribution in [0.2, 0.25) is 0 Å². The largest absolute Gasteiger partial charge is 0.408 e. The molecular weight excluding hydrogens is 311 g/mol. The van der Waals surface area contributed by atoms with Gasteiger partial charge in [0.15, 0.2) is 0 Å². The Hall–Kier alpha value is -1.80. The lowest BCUT2D eigenvalue weighted by Crippen LogP contribution is -2.55. The summed E-state index contributed by atoms with van der Waals surface area (Å²) in [6.07, 6.45) is 0.918. The molecule has 0 bridgehead atoms.